The van der Waals surface area contributed by atoms with Crippen LogP contribution in [0.25, 0.3) is 11.0 Å². The molecule has 0 unspecified atom stereocenters. The van der Waals surface area contributed by atoms with E-state index in [1.54, 1.807) is 11.6 Å². The Balaban J connectivity index is 1.83. The van der Waals surface area contributed by atoms with Crippen molar-refractivity contribution in [2.45, 2.75) is 18.9 Å². The van der Waals surface area contributed by atoms with Crippen LogP contribution < -0.4 is 5.32 Å². The number of aromatic nitrogens is 2. The average molecular weight is 333 g/mol. The first-order valence-corrected chi connectivity index (χ1v) is 6.72. The summed E-state index contributed by atoms with van der Waals surface area (Å²) in [5.74, 6) is -4.39. The number of nitrogens with zero attached hydrogens (tertiary/aromatic N) is 2. The summed E-state index contributed by atoms with van der Waals surface area (Å²) in [6.07, 6.45) is -3.83. The van der Waals surface area contributed by atoms with Crippen LogP contribution in [0.3, 0.4) is 0 Å². The van der Waals surface area contributed by atoms with Gasteiger partial charge < -0.3 is 14.6 Å². The maximum Gasteiger partial charge on any atom is 0.330 e. The van der Waals surface area contributed by atoms with E-state index >= 15 is 0 Å². The lowest BCUT2D eigenvalue weighted by Crippen LogP contribution is -2.35. The molecular formula is C14H15F4N3O2. The van der Waals surface area contributed by atoms with Crippen molar-refractivity contribution in [3.8, 4) is 0 Å². The molecule has 0 spiro atoms. The number of nitrogens with one attached hydrogen (secondary N) is 1. The molecule has 5 nitrogen and oxygen atoms in total. The maximum absolute atomic E-state index is 12.6. The summed E-state index contributed by atoms with van der Waals surface area (Å²) in [7, 11) is 1.77. The van der Waals surface area contributed by atoms with E-state index in [0.29, 0.717) is 5.82 Å². The Bertz CT molecular complexity index is 688. The summed E-state index contributed by atoms with van der Waals surface area (Å²) in [5.41, 5.74) is 1.64. The third-order valence-corrected chi connectivity index (χ3v) is 3.17. The molecule has 1 aromatic carbocycles. The number of ether oxygens (including phenoxy) is 1. The Morgan fingerprint density at radius 3 is 2.74 bits per heavy atom. The highest BCUT2D eigenvalue weighted by atomic mass is 19.3. The van der Waals surface area contributed by atoms with Crippen LogP contribution in [0, 0.1) is 0 Å². The number of aryl methyl sites for hydroxylation is 1. The van der Waals surface area contributed by atoms with Crippen LogP contribution in [-0.2, 0) is 23.1 Å². The minimum Gasteiger partial charge on any atom is -0.365 e. The second-order valence-electron chi connectivity index (χ2n) is 4.91. The summed E-state index contributed by atoms with van der Waals surface area (Å²) in [5, 5.41) is 2.44. The van der Waals surface area contributed by atoms with Crippen LogP contribution in [0.5, 0.6) is 0 Å². The second kappa shape index (κ2) is 6.95. The van der Waals surface area contributed by atoms with Crippen LogP contribution >= 0.6 is 0 Å². The first-order valence-electron chi connectivity index (χ1n) is 6.72. The molecule has 1 heterocycles. The van der Waals surface area contributed by atoms with Gasteiger partial charge in [-0.15, -0.1) is 0 Å². The van der Waals surface area contributed by atoms with Gasteiger partial charge in [-0.05, 0) is 12.1 Å². The Morgan fingerprint density at radius 1 is 1.39 bits per heavy atom. The third-order valence-electron chi connectivity index (χ3n) is 3.17. The van der Waals surface area contributed by atoms with Crippen molar-refractivity contribution in [2.24, 2.45) is 7.05 Å². The topological polar surface area (TPSA) is 56.2 Å². The Morgan fingerprint density at radius 2 is 2.09 bits per heavy atom. The van der Waals surface area contributed by atoms with Crippen molar-refractivity contribution >= 4 is 16.9 Å². The fraction of sp³-hybridized carbons (Fsp3) is 0.429. The van der Waals surface area contributed by atoms with Crippen molar-refractivity contribution < 1.29 is 27.1 Å². The zero-order chi connectivity index (χ0) is 17.0. The molecule has 0 aliphatic heterocycles. The zero-order valence-corrected chi connectivity index (χ0v) is 12.2. The Kier molecular flexibility index (Phi) is 5.19. The molecule has 0 saturated heterocycles. The molecule has 9 heteroatoms. The molecule has 1 N–H and O–H groups in total. The van der Waals surface area contributed by atoms with Crippen LogP contribution in [0.15, 0.2) is 24.3 Å². The quantitative estimate of drug-likeness (QED) is 0.790. The van der Waals surface area contributed by atoms with Gasteiger partial charge in [0.15, 0.2) is 0 Å². The van der Waals surface area contributed by atoms with Crippen molar-refractivity contribution in [2.75, 3.05) is 13.2 Å². The lowest BCUT2D eigenvalue weighted by molar-refractivity contribution is -0.168. The van der Waals surface area contributed by atoms with Gasteiger partial charge in [0, 0.05) is 7.05 Å². The number of amides is 1. The maximum atomic E-state index is 12.6. The highest BCUT2D eigenvalue weighted by Gasteiger charge is 2.41. The van der Waals surface area contributed by atoms with E-state index < -0.39 is 31.5 Å². The van der Waals surface area contributed by atoms with E-state index in [2.05, 4.69) is 15.0 Å². The molecule has 2 aromatic rings. The molecule has 0 saturated carbocycles. The lowest BCUT2D eigenvalue weighted by Gasteiger charge is -2.14. The molecule has 1 aromatic heterocycles. The van der Waals surface area contributed by atoms with E-state index in [1.165, 1.54) is 0 Å². The van der Waals surface area contributed by atoms with E-state index in [-0.39, 0.29) is 6.54 Å². The van der Waals surface area contributed by atoms with Gasteiger partial charge in [0.25, 0.3) is 0 Å². The monoisotopic (exact) mass is 333 g/mol. The number of alkyl halides is 4. The van der Waals surface area contributed by atoms with Gasteiger partial charge in [-0.1, -0.05) is 12.1 Å². The first kappa shape index (κ1) is 17.2. The van der Waals surface area contributed by atoms with E-state index in [4.69, 9.17) is 0 Å². The average Bonchev–Trinajstić information content (AvgIpc) is 2.82. The smallest absolute Gasteiger partial charge is 0.330 e. The molecule has 0 radical (unpaired) electrons. The molecule has 0 aliphatic rings. The summed E-state index contributed by atoms with van der Waals surface area (Å²) < 4.78 is 55.1. The normalized spacial score (nSPS) is 12.1. The lowest BCUT2D eigenvalue weighted by atomic mass is 10.3. The van der Waals surface area contributed by atoms with E-state index in [9.17, 15) is 22.4 Å². The summed E-state index contributed by atoms with van der Waals surface area (Å²) in [4.78, 5) is 15.8. The highest BCUT2D eigenvalue weighted by molar-refractivity contribution is 5.78. The minimum absolute atomic E-state index is 0.0681. The van der Waals surface area contributed by atoms with E-state index in [0.717, 1.165) is 11.0 Å². The number of hydrogen-bond acceptors (Lipinski definition) is 3. The number of carbonyl (C=O) groups is 1. The van der Waals surface area contributed by atoms with Crippen molar-refractivity contribution in [1.82, 2.24) is 14.9 Å². The van der Waals surface area contributed by atoms with Gasteiger partial charge in [-0.3, -0.25) is 4.79 Å². The number of benzene rings is 1. The standard InChI is InChI=1S/C14H15F4N3O2/c1-21-10-5-3-2-4-9(10)20-11(21)6-19-12(22)7-23-8-14(17,18)13(15)16/h2-5,13H,6-8H2,1H3,(H,19,22). The van der Waals surface area contributed by atoms with Gasteiger partial charge in [0.05, 0.1) is 17.6 Å². The van der Waals surface area contributed by atoms with Crippen LogP contribution in [0.2, 0.25) is 0 Å². The number of para-hydroxylation sites is 2. The van der Waals surface area contributed by atoms with Crippen LogP contribution in [0.4, 0.5) is 17.6 Å². The fourth-order valence-corrected chi connectivity index (χ4v) is 1.92. The number of imidazole rings is 1. The van der Waals surface area contributed by atoms with Crippen molar-refractivity contribution in [3.05, 3.63) is 30.1 Å². The van der Waals surface area contributed by atoms with Gasteiger partial charge in [0.1, 0.15) is 19.0 Å². The van der Waals surface area contributed by atoms with Gasteiger partial charge in [-0.25, -0.2) is 13.8 Å². The molecule has 126 valence electrons. The second-order valence-corrected chi connectivity index (χ2v) is 4.91. The number of fused-ring (bicyclic) bond motifs is 1. The number of hydrogen-bond donors (Lipinski definition) is 1. The Labute approximate surface area is 129 Å². The molecule has 1 amide bonds. The largest absolute Gasteiger partial charge is 0.365 e. The number of rotatable bonds is 7. The van der Waals surface area contributed by atoms with Crippen molar-refractivity contribution in [1.29, 1.82) is 0 Å². The van der Waals surface area contributed by atoms with E-state index in [1.807, 2.05) is 24.3 Å². The minimum atomic E-state index is -4.27. The number of carbonyl (C=O) groups excluding carboxylic acids is 1. The molecule has 0 aliphatic carbocycles. The third kappa shape index (κ3) is 4.19. The fourth-order valence-electron chi connectivity index (χ4n) is 1.92. The molecule has 0 atom stereocenters. The summed E-state index contributed by atoms with van der Waals surface area (Å²) >= 11 is 0. The highest BCUT2D eigenvalue weighted by Crippen LogP contribution is 2.22. The molecule has 2 rings (SSSR count). The first-order chi connectivity index (χ1) is 10.8. The Hall–Kier alpha value is -2.16. The summed E-state index contributed by atoms with van der Waals surface area (Å²) in [6, 6.07) is 7.36. The SMILES string of the molecule is Cn1c(CNC(=O)COCC(F)(F)C(F)F)nc2ccccc21. The predicted octanol–water partition coefficient (Wildman–Crippen LogP) is 2.11. The van der Waals surface area contributed by atoms with Gasteiger partial charge >= 0.3 is 12.3 Å². The van der Waals surface area contributed by atoms with Gasteiger partial charge in [0.2, 0.25) is 5.91 Å². The number of halogens is 4. The van der Waals surface area contributed by atoms with Crippen LogP contribution in [0.1, 0.15) is 5.82 Å². The van der Waals surface area contributed by atoms with Crippen LogP contribution in [-0.4, -0.2) is 41.0 Å². The molecular weight excluding hydrogens is 318 g/mol. The molecule has 0 fully saturated rings. The molecule has 0 bridgehead atoms. The van der Waals surface area contributed by atoms with Gasteiger partial charge in [-0.2, -0.15) is 8.78 Å². The van der Waals surface area contributed by atoms with Crippen molar-refractivity contribution in [3.63, 3.8) is 0 Å². The zero-order valence-electron chi connectivity index (χ0n) is 12.2. The molecule has 23 heavy (non-hydrogen) atoms. The summed E-state index contributed by atoms with van der Waals surface area (Å²) in [6.45, 7) is -2.17. The predicted molar refractivity (Wildman–Crippen MR) is 74.3 cm³/mol.